The number of nitriles is 1. The highest BCUT2D eigenvalue weighted by molar-refractivity contribution is 5.95. The lowest BCUT2D eigenvalue weighted by molar-refractivity contribution is -0.176. The third-order valence-electron chi connectivity index (χ3n) is 11.0. The number of aliphatic hydroxyl groups excluding tert-OH is 1. The number of likely N-dealkylation sites (tertiary alicyclic amines) is 1. The number of amides is 5. The third kappa shape index (κ3) is 13.4. The largest absolute Gasteiger partial charge is 0.393 e. The molecule has 2 fully saturated rings. The molecular formula is C41H66N6O8. The highest BCUT2D eigenvalue weighted by Gasteiger charge is 2.53. The second-order valence-electron chi connectivity index (χ2n) is 15.2. The molecule has 2 aliphatic rings. The quantitative estimate of drug-likeness (QED) is 0.0581. The standard InChI is InChI=1S/C41H66N6O8/c1-6-14-36(38(50)46-24-21-34(22-25-46)54-29-53-5)41(55-7-2,32-17-12-9-13-18-32)39(51)45-47(26-23-43-40(52)44-28-42)37(49)35(30(3)4)27-33(48)20-19-31-15-10-8-11-16-31/h9,12-13,17-18,30-31,33-36,48H,6-8,10-11,14-16,19-27,29H2,1-5H3,(H,45,51)(H2,43,44,52)/t33-,35-,36?,41+/m0/s1. The lowest BCUT2D eigenvalue weighted by atomic mass is 9.76. The number of hydrogen-bond donors (Lipinski definition) is 4. The molecule has 55 heavy (non-hydrogen) atoms. The first-order valence-electron chi connectivity index (χ1n) is 20.3. The molecule has 1 aromatic rings. The fourth-order valence-corrected chi connectivity index (χ4v) is 8.05. The number of hydrogen-bond acceptors (Lipinski definition) is 9. The summed E-state index contributed by atoms with van der Waals surface area (Å²) in [7, 11) is 1.57. The molecule has 0 radical (unpaired) electrons. The van der Waals surface area contributed by atoms with Gasteiger partial charge in [0, 0.05) is 39.3 Å². The summed E-state index contributed by atoms with van der Waals surface area (Å²) in [5.41, 5.74) is 1.50. The molecule has 4 N–H and O–H groups in total. The molecule has 308 valence electrons. The van der Waals surface area contributed by atoms with Crippen LogP contribution in [0.4, 0.5) is 4.79 Å². The smallest absolute Gasteiger partial charge is 0.328 e. The lowest BCUT2D eigenvalue weighted by Crippen LogP contribution is -2.62. The van der Waals surface area contributed by atoms with E-state index >= 15 is 4.79 Å². The topological polar surface area (TPSA) is 183 Å². The number of aliphatic hydroxyl groups is 1. The molecule has 14 heteroatoms. The highest BCUT2D eigenvalue weighted by Crippen LogP contribution is 2.40. The Morgan fingerprint density at radius 2 is 1.73 bits per heavy atom. The molecule has 1 aliphatic carbocycles. The Kier molecular flexibility index (Phi) is 19.9. The van der Waals surface area contributed by atoms with Crippen LogP contribution in [0, 0.1) is 35.1 Å². The van der Waals surface area contributed by atoms with Gasteiger partial charge in [0.2, 0.25) is 11.8 Å². The summed E-state index contributed by atoms with van der Waals surface area (Å²) in [5, 5.41) is 25.8. The first-order valence-corrected chi connectivity index (χ1v) is 20.3. The fraction of sp³-hybridized carbons (Fsp3) is 0.732. The Morgan fingerprint density at radius 3 is 2.33 bits per heavy atom. The summed E-state index contributed by atoms with van der Waals surface area (Å²) in [5.74, 6) is -2.58. The summed E-state index contributed by atoms with van der Waals surface area (Å²) in [6.07, 6.45) is 10.6. The Balaban J connectivity index is 1.98. The number of hydrazine groups is 1. The molecule has 1 aliphatic heterocycles. The number of carbonyl (C=O) groups is 4. The molecule has 0 aromatic heterocycles. The van der Waals surface area contributed by atoms with Crippen LogP contribution in [0.2, 0.25) is 0 Å². The SMILES string of the molecule is CCCC(C(=O)N1CCC(OCOC)CC1)[C@@](OCC)(C(=O)NN(CCNC(=O)NC#N)C(=O)[C@@H](C[C@@H](O)CCC1CCCCC1)C(C)C)c1ccccc1. The van der Waals surface area contributed by atoms with Crippen LogP contribution in [0.1, 0.15) is 110 Å². The summed E-state index contributed by atoms with van der Waals surface area (Å²) < 4.78 is 17.3. The van der Waals surface area contributed by atoms with Gasteiger partial charge in [0.05, 0.1) is 24.7 Å². The van der Waals surface area contributed by atoms with Crippen molar-refractivity contribution in [2.24, 2.45) is 23.7 Å². The molecule has 0 bridgehead atoms. The highest BCUT2D eigenvalue weighted by atomic mass is 16.7. The summed E-state index contributed by atoms with van der Waals surface area (Å²) in [4.78, 5) is 58.2. The van der Waals surface area contributed by atoms with Gasteiger partial charge in [-0.05, 0) is 62.8 Å². The number of rotatable bonds is 21. The zero-order chi connectivity index (χ0) is 40.2. The van der Waals surface area contributed by atoms with E-state index in [-0.39, 0.29) is 50.8 Å². The number of nitrogens with zero attached hydrogens (tertiary/aromatic N) is 3. The molecule has 1 unspecified atom stereocenters. The van der Waals surface area contributed by atoms with Crippen molar-refractivity contribution in [3.63, 3.8) is 0 Å². The number of benzene rings is 1. The molecule has 1 heterocycles. The number of urea groups is 1. The monoisotopic (exact) mass is 770 g/mol. The molecular weight excluding hydrogens is 704 g/mol. The van der Waals surface area contributed by atoms with Gasteiger partial charge in [-0.3, -0.25) is 24.8 Å². The van der Waals surface area contributed by atoms with Gasteiger partial charge in [0.15, 0.2) is 11.8 Å². The van der Waals surface area contributed by atoms with Crippen molar-refractivity contribution in [2.45, 2.75) is 123 Å². The van der Waals surface area contributed by atoms with Crippen LogP contribution in [-0.4, -0.2) is 97.7 Å². The van der Waals surface area contributed by atoms with Crippen molar-refractivity contribution in [2.75, 3.05) is 46.7 Å². The number of ether oxygens (including phenoxy) is 3. The van der Waals surface area contributed by atoms with Crippen LogP contribution in [0.3, 0.4) is 0 Å². The van der Waals surface area contributed by atoms with E-state index in [9.17, 15) is 19.5 Å². The van der Waals surface area contributed by atoms with E-state index < -0.39 is 41.4 Å². The van der Waals surface area contributed by atoms with Gasteiger partial charge in [-0.1, -0.05) is 89.6 Å². The minimum absolute atomic E-state index is 0.0502. The lowest BCUT2D eigenvalue weighted by Gasteiger charge is -2.43. The predicted octanol–water partition coefficient (Wildman–Crippen LogP) is 4.97. The molecule has 1 saturated heterocycles. The second-order valence-corrected chi connectivity index (χ2v) is 15.2. The first-order chi connectivity index (χ1) is 26.5. The van der Waals surface area contributed by atoms with E-state index in [2.05, 4.69) is 10.7 Å². The van der Waals surface area contributed by atoms with Crippen LogP contribution in [0.25, 0.3) is 0 Å². The summed E-state index contributed by atoms with van der Waals surface area (Å²) in [6, 6.07) is 8.16. The van der Waals surface area contributed by atoms with Crippen molar-refractivity contribution < 1.29 is 38.5 Å². The minimum atomic E-state index is -1.83. The second kappa shape index (κ2) is 24.0. The predicted molar refractivity (Wildman–Crippen MR) is 207 cm³/mol. The Morgan fingerprint density at radius 1 is 1.04 bits per heavy atom. The van der Waals surface area contributed by atoms with Crippen molar-refractivity contribution in [1.82, 2.24) is 26.0 Å². The van der Waals surface area contributed by atoms with Crippen molar-refractivity contribution >= 4 is 23.8 Å². The minimum Gasteiger partial charge on any atom is -0.393 e. The van der Waals surface area contributed by atoms with E-state index in [4.69, 9.17) is 19.5 Å². The van der Waals surface area contributed by atoms with Gasteiger partial charge in [0.1, 0.15) is 6.79 Å². The average Bonchev–Trinajstić information content (AvgIpc) is 3.19. The van der Waals surface area contributed by atoms with E-state index in [0.29, 0.717) is 56.7 Å². The number of methoxy groups -OCH3 is 1. The van der Waals surface area contributed by atoms with E-state index in [1.54, 1.807) is 49.4 Å². The number of carbonyl (C=O) groups excluding carboxylic acids is 4. The number of piperidine rings is 1. The fourth-order valence-electron chi connectivity index (χ4n) is 8.05. The Bertz CT molecular complexity index is 1360. The van der Waals surface area contributed by atoms with E-state index in [0.717, 1.165) is 19.3 Å². The maximum atomic E-state index is 15.1. The van der Waals surface area contributed by atoms with Crippen LogP contribution in [0.15, 0.2) is 30.3 Å². The van der Waals surface area contributed by atoms with Gasteiger partial charge in [-0.25, -0.2) is 10.1 Å². The summed E-state index contributed by atoms with van der Waals surface area (Å²) in [6.45, 7) is 8.41. The van der Waals surface area contributed by atoms with E-state index in [1.807, 2.05) is 32.2 Å². The third-order valence-corrected chi connectivity index (χ3v) is 11.0. The summed E-state index contributed by atoms with van der Waals surface area (Å²) >= 11 is 0. The molecule has 1 saturated carbocycles. The van der Waals surface area contributed by atoms with Gasteiger partial charge in [-0.2, -0.15) is 5.26 Å². The van der Waals surface area contributed by atoms with Crippen molar-refractivity contribution in [3.8, 4) is 6.19 Å². The normalized spacial score (nSPS) is 18.0. The molecule has 5 amide bonds. The van der Waals surface area contributed by atoms with Crippen LogP contribution in [0.5, 0.6) is 0 Å². The molecule has 0 spiro atoms. The maximum absolute atomic E-state index is 15.1. The van der Waals surface area contributed by atoms with Crippen LogP contribution >= 0.6 is 0 Å². The van der Waals surface area contributed by atoms with Gasteiger partial charge in [0.25, 0.3) is 5.91 Å². The molecule has 14 nitrogen and oxygen atoms in total. The number of nitrogens with one attached hydrogen (secondary N) is 3. The Hall–Kier alpha value is -3.77. The van der Waals surface area contributed by atoms with Crippen molar-refractivity contribution in [1.29, 1.82) is 5.26 Å². The average molecular weight is 771 g/mol. The maximum Gasteiger partial charge on any atom is 0.328 e. The molecule has 3 rings (SSSR count). The Labute approximate surface area is 328 Å². The zero-order valence-electron chi connectivity index (χ0n) is 33.7. The molecule has 4 atom stereocenters. The van der Waals surface area contributed by atoms with Crippen molar-refractivity contribution in [3.05, 3.63) is 35.9 Å². The van der Waals surface area contributed by atoms with Gasteiger partial charge in [-0.15, -0.1) is 0 Å². The van der Waals surface area contributed by atoms with Gasteiger partial charge >= 0.3 is 6.03 Å². The van der Waals surface area contributed by atoms with Crippen LogP contribution < -0.4 is 16.1 Å². The van der Waals surface area contributed by atoms with E-state index in [1.165, 1.54) is 24.3 Å². The van der Waals surface area contributed by atoms with Crippen LogP contribution in [-0.2, 0) is 34.2 Å². The zero-order valence-corrected chi connectivity index (χ0v) is 33.7. The van der Waals surface area contributed by atoms with Gasteiger partial charge < -0.3 is 29.5 Å². The molecule has 1 aromatic carbocycles. The first kappa shape index (κ1) is 45.6.